The molecule has 5 nitrogen and oxygen atoms in total. The lowest BCUT2D eigenvalue weighted by molar-refractivity contribution is -0.129. The number of carbonyl (C=O) groups is 1. The molecule has 0 radical (unpaired) electrons. The average molecular weight is 260 g/mol. The van der Waals surface area contributed by atoms with E-state index in [4.69, 9.17) is 0 Å². The Bertz CT molecular complexity index is 458. The van der Waals surface area contributed by atoms with Crippen LogP contribution in [0.2, 0.25) is 0 Å². The molecule has 5 heteroatoms. The zero-order valence-electron chi connectivity index (χ0n) is 11.3. The third-order valence-electron chi connectivity index (χ3n) is 4.50. The zero-order chi connectivity index (χ0) is 13.3. The normalized spacial score (nSPS) is 24.3. The van der Waals surface area contributed by atoms with Crippen LogP contribution in [0.5, 0.6) is 0 Å². The van der Waals surface area contributed by atoms with Gasteiger partial charge in [-0.05, 0) is 25.8 Å². The SMILES string of the molecule is CCNC(=O)C1CN(c2ncccn2)CC12CCC2. The number of carbonyl (C=O) groups excluding carboxylic acids is 1. The molecule has 2 aliphatic rings. The molecule has 1 atom stereocenters. The number of anilines is 1. The minimum Gasteiger partial charge on any atom is -0.356 e. The minimum absolute atomic E-state index is 0.0880. The summed E-state index contributed by atoms with van der Waals surface area (Å²) in [5.74, 6) is 1.03. The van der Waals surface area contributed by atoms with Gasteiger partial charge in [0.15, 0.2) is 0 Å². The Morgan fingerprint density at radius 1 is 1.47 bits per heavy atom. The van der Waals surface area contributed by atoms with Crippen molar-refractivity contribution in [3.05, 3.63) is 18.5 Å². The van der Waals surface area contributed by atoms with Crippen molar-refractivity contribution in [1.29, 1.82) is 0 Å². The van der Waals surface area contributed by atoms with Crippen LogP contribution in [0.4, 0.5) is 5.95 Å². The summed E-state index contributed by atoms with van der Waals surface area (Å²) in [7, 11) is 0. The summed E-state index contributed by atoms with van der Waals surface area (Å²) in [6.45, 7) is 4.33. The molecule has 1 aliphatic carbocycles. The molecule has 1 spiro atoms. The molecule has 1 unspecified atom stereocenters. The number of hydrogen-bond acceptors (Lipinski definition) is 4. The molecule has 1 saturated carbocycles. The van der Waals surface area contributed by atoms with Gasteiger partial charge in [0.1, 0.15) is 0 Å². The second-order valence-corrected chi connectivity index (χ2v) is 5.59. The molecular formula is C14H20N4O. The van der Waals surface area contributed by atoms with E-state index < -0.39 is 0 Å². The zero-order valence-corrected chi connectivity index (χ0v) is 11.3. The number of nitrogens with zero attached hydrogens (tertiary/aromatic N) is 3. The molecule has 2 heterocycles. The monoisotopic (exact) mass is 260 g/mol. The summed E-state index contributed by atoms with van der Waals surface area (Å²) in [6, 6.07) is 1.82. The van der Waals surface area contributed by atoms with Gasteiger partial charge < -0.3 is 10.2 Å². The van der Waals surface area contributed by atoms with E-state index in [-0.39, 0.29) is 17.2 Å². The highest BCUT2D eigenvalue weighted by atomic mass is 16.2. The quantitative estimate of drug-likeness (QED) is 0.887. The molecule has 19 heavy (non-hydrogen) atoms. The minimum atomic E-state index is 0.0880. The van der Waals surface area contributed by atoms with Crippen molar-refractivity contribution < 1.29 is 4.79 Å². The van der Waals surface area contributed by atoms with Crippen molar-refractivity contribution in [2.75, 3.05) is 24.5 Å². The van der Waals surface area contributed by atoms with Crippen LogP contribution in [-0.2, 0) is 4.79 Å². The molecular weight excluding hydrogens is 240 g/mol. The van der Waals surface area contributed by atoms with Crippen molar-refractivity contribution >= 4 is 11.9 Å². The fraction of sp³-hybridized carbons (Fsp3) is 0.643. The summed E-state index contributed by atoms with van der Waals surface area (Å²) < 4.78 is 0. The number of amides is 1. The molecule has 1 saturated heterocycles. The van der Waals surface area contributed by atoms with Crippen LogP contribution in [0.25, 0.3) is 0 Å². The van der Waals surface area contributed by atoms with E-state index in [0.29, 0.717) is 6.54 Å². The van der Waals surface area contributed by atoms with Gasteiger partial charge >= 0.3 is 0 Å². The molecule has 2 fully saturated rings. The Hall–Kier alpha value is -1.65. The van der Waals surface area contributed by atoms with Gasteiger partial charge in [0.2, 0.25) is 11.9 Å². The van der Waals surface area contributed by atoms with Gasteiger partial charge in [0, 0.05) is 37.4 Å². The van der Waals surface area contributed by atoms with Gasteiger partial charge in [-0.3, -0.25) is 4.79 Å². The molecule has 1 aliphatic heterocycles. The van der Waals surface area contributed by atoms with Crippen molar-refractivity contribution in [3.63, 3.8) is 0 Å². The van der Waals surface area contributed by atoms with Crippen LogP contribution in [-0.4, -0.2) is 35.5 Å². The highest BCUT2D eigenvalue weighted by molar-refractivity contribution is 5.81. The van der Waals surface area contributed by atoms with E-state index in [1.807, 2.05) is 13.0 Å². The lowest BCUT2D eigenvalue weighted by Crippen LogP contribution is -2.45. The summed E-state index contributed by atoms with van der Waals surface area (Å²) in [5.41, 5.74) is 0.165. The molecule has 1 aromatic rings. The Morgan fingerprint density at radius 3 is 2.79 bits per heavy atom. The Kier molecular flexibility index (Phi) is 3.12. The predicted octanol–water partition coefficient (Wildman–Crippen LogP) is 1.22. The molecule has 0 bridgehead atoms. The topological polar surface area (TPSA) is 58.1 Å². The fourth-order valence-electron chi connectivity index (χ4n) is 3.37. The molecule has 1 aromatic heterocycles. The molecule has 0 aromatic carbocycles. The van der Waals surface area contributed by atoms with Crippen LogP contribution in [0.1, 0.15) is 26.2 Å². The maximum Gasteiger partial charge on any atom is 0.225 e. The lowest BCUT2D eigenvalue weighted by Gasteiger charge is -2.41. The van der Waals surface area contributed by atoms with Crippen molar-refractivity contribution in [1.82, 2.24) is 15.3 Å². The molecule has 1 amide bonds. The third-order valence-corrected chi connectivity index (χ3v) is 4.50. The first-order valence-electron chi connectivity index (χ1n) is 7.05. The number of hydrogen-bond donors (Lipinski definition) is 1. The van der Waals surface area contributed by atoms with E-state index >= 15 is 0 Å². The van der Waals surface area contributed by atoms with E-state index in [1.54, 1.807) is 12.4 Å². The second-order valence-electron chi connectivity index (χ2n) is 5.59. The van der Waals surface area contributed by atoms with Gasteiger partial charge in [-0.15, -0.1) is 0 Å². The summed E-state index contributed by atoms with van der Waals surface area (Å²) >= 11 is 0. The van der Waals surface area contributed by atoms with Crippen molar-refractivity contribution in [2.24, 2.45) is 11.3 Å². The van der Waals surface area contributed by atoms with Gasteiger partial charge in [-0.1, -0.05) is 6.42 Å². The Morgan fingerprint density at radius 2 is 2.21 bits per heavy atom. The van der Waals surface area contributed by atoms with Crippen LogP contribution in [0.15, 0.2) is 18.5 Å². The number of aromatic nitrogens is 2. The maximum absolute atomic E-state index is 12.3. The van der Waals surface area contributed by atoms with Gasteiger partial charge in [-0.2, -0.15) is 0 Å². The van der Waals surface area contributed by atoms with E-state index in [2.05, 4.69) is 20.2 Å². The average Bonchev–Trinajstić information content (AvgIpc) is 2.81. The second kappa shape index (κ2) is 4.79. The van der Waals surface area contributed by atoms with E-state index in [1.165, 1.54) is 6.42 Å². The van der Waals surface area contributed by atoms with Crippen molar-refractivity contribution in [2.45, 2.75) is 26.2 Å². The standard InChI is InChI=1S/C14H20N4O/c1-2-15-12(19)11-9-18(10-14(11)5-3-6-14)13-16-7-4-8-17-13/h4,7-8,11H,2-3,5-6,9-10H2,1H3,(H,15,19). The molecule has 3 rings (SSSR count). The van der Waals surface area contributed by atoms with Crippen LogP contribution >= 0.6 is 0 Å². The first-order valence-corrected chi connectivity index (χ1v) is 7.05. The molecule has 1 N–H and O–H groups in total. The van der Waals surface area contributed by atoms with E-state index in [9.17, 15) is 4.79 Å². The molecule has 102 valence electrons. The van der Waals surface area contributed by atoms with Crippen LogP contribution in [0.3, 0.4) is 0 Å². The summed E-state index contributed by atoms with van der Waals surface area (Å²) in [4.78, 5) is 23.0. The van der Waals surface area contributed by atoms with Gasteiger partial charge in [0.25, 0.3) is 0 Å². The number of rotatable bonds is 3. The third kappa shape index (κ3) is 2.07. The Balaban J connectivity index is 1.80. The predicted molar refractivity (Wildman–Crippen MR) is 72.7 cm³/mol. The summed E-state index contributed by atoms with van der Waals surface area (Å²) in [6.07, 6.45) is 7.06. The number of nitrogens with one attached hydrogen (secondary N) is 1. The first-order chi connectivity index (χ1) is 9.25. The van der Waals surface area contributed by atoms with Crippen molar-refractivity contribution in [3.8, 4) is 0 Å². The van der Waals surface area contributed by atoms with Gasteiger partial charge in [0.05, 0.1) is 5.92 Å². The summed E-state index contributed by atoms with van der Waals surface area (Å²) in [5, 5.41) is 2.98. The smallest absolute Gasteiger partial charge is 0.225 e. The lowest BCUT2D eigenvalue weighted by atomic mass is 9.62. The Labute approximate surface area is 113 Å². The maximum atomic E-state index is 12.3. The van der Waals surface area contributed by atoms with Crippen LogP contribution in [0, 0.1) is 11.3 Å². The van der Waals surface area contributed by atoms with Gasteiger partial charge in [-0.25, -0.2) is 9.97 Å². The van der Waals surface area contributed by atoms with E-state index in [0.717, 1.165) is 31.9 Å². The fourth-order valence-corrected chi connectivity index (χ4v) is 3.37. The largest absolute Gasteiger partial charge is 0.356 e. The highest BCUT2D eigenvalue weighted by Crippen LogP contribution is 2.52. The highest BCUT2D eigenvalue weighted by Gasteiger charge is 2.53. The first kappa shape index (κ1) is 12.4. The van der Waals surface area contributed by atoms with Crippen LogP contribution < -0.4 is 10.2 Å².